The molecule has 0 amide bonds. The highest BCUT2D eigenvalue weighted by molar-refractivity contribution is 5.71. The fourth-order valence-electron chi connectivity index (χ4n) is 4.58. The zero-order valence-corrected chi connectivity index (χ0v) is 18.0. The van der Waals surface area contributed by atoms with E-state index in [1.165, 1.54) is 24.8 Å². The third kappa shape index (κ3) is 4.50. The Morgan fingerprint density at radius 3 is 2.50 bits per heavy atom. The van der Waals surface area contributed by atoms with Crippen LogP contribution in [0.3, 0.4) is 0 Å². The van der Waals surface area contributed by atoms with Gasteiger partial charge < -0.3 is 9.63 Å². The second-order valence-electron chi connectivity index (χ2n) is 9.09. The maximum atomic E-state index is 10.9. The number of hydrogen-bond donors (Lipinski definition) is 1. The number of benzene rings is 2. The number of likely N-dealkylation sites (tertiary alicyclic amines) is 1. The van der Waals surface area contributed by atoms with E-state index in [2.05, 4.69) is 51.4 Å². The lowest BCUT2D eigenvalue weighted by Crippen LogP contribution is -2.49. The number of carbonyl (C=O) groups is 1. The highest BCUT2D eigenvalue weighted by Gasteiger charge is 2.34. The average Bonchev–Trinajstić information content (AvgIpc) is 3.22. The van der Waals surface area contributed by atoms with Crippen LogP contribution in [0.15, 0.2) is 65.2 Å². The highest BCUT2D eigenvalue weighted by Crippen LogP contribution is 2.45. The first-order valence-electron chi connectivity index (χ1n) is 11.2. The summed E-state index contributed by atoms with van der Waals surface area (Å²) in [6.45, 7) is 1.99. The van der Waals surface area contributed by atoms with Gasteiger partial charge in [0.2, 0.25) is 5.82 Å². The van der Waals surface area contributed by atoms with Crippen molar-refractivity contribution in [3.05, 3.63) is 77.7 Å². The molecule has 3 aromatic rings. The van der Waals surface area contributed by atoms with E-state index in [0.717, 1.165) is 24.1 Å². The lowest BCUT2D eigenvalue weighted by molar-refractivity contribution is -0.147. The molecule has 6 nitrogen and oxygen atoms in total. The van der Waals surface area contributed by atoms with Gasteiger partial charge in [0.1, 0.15) is 0 Å². The van der Waals surface area contributed by atoms with Crippen LogP contribution < -0.4 is 0 Å². The van der Waals surface area contributed by atoms with E-state index in [0.29, 0.717) is 24.8 Å². The predicted molar refractivity (Wildman–Crippen MR) is 122 cm³/mol. The molecule has 0 radical (unpaired) electrons. The maximum Gasteiger partial charge on any atom is 0.309 e. The predicted octanol–water partition coefficient (Wildman–Crippen LogP) is 4.68. The van der Waals surface area contributed by atoms with E-state index < -0.39 is 5.97 Å². The van der Waals surface area contributed by atoms with Gasteiger partial charge in [-0.3, -0.25) is 9.69 Å². The Bertz CT molecular complexity index is 1090. The maximum absolute atomic E-state index is 10.9. The molecule has 1 N–H and O–H groups in total. The second kappa shape index (κ2) is 8.71. The van der Waals surface area contributed by atoms with Crippen molar-refractivity contribution in [3.8, 4) is 11.4 Å². The average molecular weight is 430 g/mol. The summed E-state index contributed by atoms with van der Waals surface area (Å²) in [4.78, 5) is 17.6. The Hall–Kier alpha value is -3.25. The molecule has 0 bridgehead atoms. The minimum absolute atomic E-state index is 0.189. The number of rotatable bonds is 8. The van der Waals surface area contributed by atoms with E-state index in [9.17, 15) is 4.79 Å². The van der Waals surface area contributed by atoms with Gasteiger partial charge in [0.25, 0.3) is 5.89 Å². The number of aliphatic carboxylic acids is 1. The number of carboxylic acids is 1. The molecule has 5 rings (SSSR count). The molecule has 2 aliphatic rings. The Labute approximate surface area is 187 Å². The molecule has 2 heterocycles. The van der Waals surface area contributed by atoms with Gasteiger partial charge in [-0.2, -0.15) is 4.98 Å². The molecule has 2 fully saturated rings. The van der Waals surface area contributed by atoms with Crippen molar-refractivity contribution in [2.24, 2.45) is 11.3 Å². The third-order valence-electron chi connectivity index (χ3n) is 6.69. The van der Waals surface area contributed by atoms with Crippen molar-refractivity contribution in [2.45, 2.75) is 32.2 Å². The fourth-order valence-corrected chi connectivity index (χ4v) is 4.58. The van der Waals surface area contributed by atoms with Crippen LogP contribution in [0.4, 0.5) is 0 Å². The van der Waals surface area contributed by atoms with Gasteiger partial charge in [-0.15, -0.1) is 0 Å². The molecule has 0 atom stereocenters. The molecule has 1 aliphatic heterocycles. The quantitative estimate of drug-likeness (QED) is 0.560. The SMILES string of the molecule is O=C(O)C1CN(Cc2ccc(-c3noc(/C=C/C4(Cc5ccccc5)CCC4)n3)cc2)C1. The minimum atomic E-state index is -0.707. The molecule has 2 aromatic carbocycles. The Kier molecular flexibility index (Phi) is 5.62. The summed E-state index contributed by atoms with van der Waals surface area (Å²) >= 11 is 0. The van der Waals surface area contributed by atoms with Gasteiger partial charge in [-0.1, -0.05) is 72.3 Å². The number of nitrogens with zero attached hydrogens (tertiary/aromatic N) is 3. The standard InChI is InChI=1S/C26H27N3O3/c30-25(31)22-17-29(18-22)16-20-7-9-21(10-8-20)24-27-23(32-28-24)11-14-26(12-4-13-26)15-19-5-2-1-3-6-19/h1-3,5-11,14,22H,4,12-13,15-18H2,(H,30,31)/b14-11+. The first kappa shape index (κ1) is 20.6. The fraction of sp³-hybridized carbons (Fsp3) is 0.346. The number of carboxylic acid groups (broad SMARTS) is 1. The topological polar surface area (TPSA) is 79.5 Å². The molecule has 0 spiro atoms. The number of aromatic nitrogens is 2. The molecule has 1 aromatic heterocycles. The Morgan fingerprint density at radius 1 is 1.09 bits per heavy atom. The first-order valence-corrected chi connectivity index (χ1v) is 11.2. The smallest absolute Gasteiger partial charge is 0.309 e. The van der Waals surface area contributed by atoms with Gasteiger partial charge >= 0.3 is 5.97 Å². The van der Waals surface area contributed by atoms with Crippen LogP contribution in [0.5, 0.6) is 0 Å². The van der Waals surface area contributed by atoms with Crippen molar-refractivity contribution in [2.75, 3.05) is 13.1 Å². The zero-order chi connectivity index (χ0) is 22.0. The minimum Gasteiger partial charge on any atom is -0.481 e. The van der Waals surface area contributed by atoms with Crippen LogP contribution in [-0.2, 0) is 17.8 Å². The van der Waals surface area contributed by atoms with Crippen molar-refractivity contribution < 1.29 is 14.4 Å². The van der Waals surface area contributed by atoms with Gasteiger partial charge in [0.05, 0.1) is 5.92 Å². The van der Waals surface area contributed by atoms with Crippen LogP contribution in [0.25, 0.3) is 17.5 Å². The lowest BCUT2D eigenvalue weighted by atomic mass is 9.65. The second-order valence-corrected chi connectivity index (χ2v) is 9.09. The van der Waals surface area contributed by atoms with Crippen molar-refractivity contribution in [1.29, 1.82) is 0 Å². The molecular weight excluding hydrogens is 402 g/mol. The van der Waals surface area contributed by atoms with E-state index in [4.69, 9.17) is 9.63 Å². The molecule has 1 saturated carbocycles. The van der Waals surface area contributed by atoms with Gasteiger partial charge in [0, 0.05) is 25.2 Å². The number of allylic oxidation sites excluding steroid dienone is 1. The Balaban J connectivity index is 1.20. The van der Waals surface area contributed by atoms with Crippen molar-refractivity contribution >= 4 is 12.0 Å². The van der Waals surface area contributed by atoms with Crippen LogP contribution in [0, 0.1) is 11.3 Å². The van der Waals surface area contributed by atoms with Crippen molar-refractivity contribution in [3.63, 3.8) is 0 Å². The Morgan fingerprint density at radius 2 is 1.84 bits per heavy atom. The van der Waals surface area contributed by atoms with Crippen LogP contribution in [-0.4, -0.2) is 39.2 Å². The molecule has 6 heteroatoms. The van der Waals surface area contributed by atoms with E-state index in [-0.39, 0.29) is 11.3 Å². The van der Waals surface area contributed by atoms with Crippen LogP contribution >= 0.6 is 0 Å². The van der Waals surface area contributed by atoms with Crippen LogP contribution in [0.2, 0.25) is 0 Å². The summed E-state index contributed by atoms with van der Waals surface area (Å²) in [6.07, 6.45) is 8.89. The highest BCUT2D eigenvalue weighted by atomic mass is 16.5. The van der Waals surface area contributed by atoms with E-state index in [1.807, 2.05) is 30.3 Å². The molecule has 1 saturated heterocycles. The summed E-state index contributed by atoms with van der Waals surface area (Å²) in [6, 6.07) is 18.7. The largest absolute Gasteiger partial charge is 0.481 e. The summed E-state index contributed by atoms with van der Waals surface area (Å²) in [7, 11) is 0. The van der Waals surface area contributed by atoms with Gasteiger partial charge in [-0.25, -0.2) is 0 Å². The van der Waals surface area contributed by atoms with Crippen molar-refractivity contribution in [1.82, 2.24) is 15.0 Å². The monoisotopic (exact) mass is 429 g/mol. The van der Waals surface area contributed by atoms with E-state index >= 15 is 0 Å². The molecule has 32 heavy (non-hydrogen) atoms. The molecule has 164 valence electrons. The lowest BCUT2D eigenvalue weighted by Gasteiger charge is -2.39. The molecule has 1 aliphatic carbocycles. The first-order chi connectivity index (χ1) is 15.6. The summed E-state index contributed by atoms with van der Waals surface area (Å²) in [5.41, 5.74) is 3.61. The van der Waals surface area contributed by atoms with E-state index in [1.54, 1.807) is 0 Å². The van der Waals surface area contributed by atoms with Gasteiger partial charge in [0.15, 0.2) is 0 Å². The zero-order valence-electron chi connectivity index (χ0n) is 18.0. The van der Waals surface area contributed by atoms with Gasteiger partial charge in [-0.05, 0) is 41.9 Å². The summed E-state index contributed by atoms with van der Waals surface area (Å²) in [5.74, 6) is 0.175. The summed E-state index contributed by atoms with van der Waals surface area (Å²) < 4.78 is 5.48. The summed E-state index contributed by atoms with van der Waals surface area (Å²) in [5, 5.41) is 13.1. The molecular formula is C26H27N3O3. The van der Waals surface area contributed by atoms with Crippen LogP contribution in [0.1, 0.15) is 36.3 Å². The number of hydrogen-bond acceptors (Lipinski definition) is 5. The normalized spacial score (nSPS) is 18.4. The molecule has 0 unspecified atom stereocenters. The third-order valence-corrected chi connectivity index (χ3v) is 6.69.